The molecular formula is C16H12O6. The summed E-state index contributed by atoms with van der Waals surface area (Å²) < 4.78 is 0. The van der Waals surface area contributed by atoms with Crippen LogP contribution in [0.15, 0.2) is 42.5 Å². The fraction of sp³-hybridized carbons (Fsp3) is 0.0625. The van der Waals surface area contributed by atoms with Gasteiger partial charge in [0.25, 0.3) is 0 Å². The maximum absolute atomic E-state index is 11.4. The topological polar surface area (TPSA) is 112 Å². The van der Waals surface area contributed by atoms with Gasteiger partial charge in [0.2, 0.25) is 0 Å². The molecule has 0 aliphatic carbocycles. The van der Waals surface area contributed by atoms with Crippen LogP contribution in [0, 0.1) is 0 Å². The van der Waals surface area contributed by atoms with E-state index in [0.29, 0.717) is 11.1 Å². The predicted molar refractivity (Wildman–Crippen MR) is 76.6 cm³/mol. The van der Waals surface area contributed by atoms with Crippen molar-refractivity contribution in [2.24, 2.45) is 0 Å². The van der Waals surface area contributed by atoms with Crippen molar-refractivity contribution in [3.05, 3.63) is 70.3 Å². The lowest BCUT2D eigenvalue weighted by Crippen LogP contribution is -2.12. The maximum Gasteiger partial charge on any atom is 0.336 e. The minimum atomic E-state index is -1.33. The second kappa shape index (κ2) is 6.09. The highest BCUT2D eigenvalue weighted by Gasteiger charge is 2.20. The van der Waals surface area contributed by atoms with Crippen molar-refractivity contribution in [2.75, 3.05) is 0 Å². The number of aromatic carboxylic acids is 3. The van der Waals surface area contributed by atoms with E-state index >= 15 is 0 Å². The summed E-state index contributed by atoms with van der Waals surface area (Å²) in [6, 6.07) is 10.3. The Morgan fingerprint density at radius 2 is 1.50 bits per heavy atom. The molecule has 2 rings (SSSR count). The Morgan fingerprint density at radius 1 is 0.818 bits per heavy atom. The molecule has 0 saturated heterocycles. The Balaban J connectivity index is 2.48. The van der Waals surface area contributed by atoms with Crippen molar-refractivity contribution in [3.63, 3.8) is 0 Å². The molecule has 2 aromatic rings. The van der Waals surface area contributed by atoms with Crippen LogP contribution in [-0.2, 0) is 6.42 Å². The van der Waals surface area contributed by atoms with Crippen LogP contribution in [0.5, 0.6) is 0 Å². The fourth-order valence-electron chi connectivity index (χ4n) is 2.21. The van der Waals surface area contributed by atoms with Gasteiger partial charge in [-0.3, -0.25) is 0 Å². The summed E-state index contributed by atoms with van der Waals surface area (Å²) in [5, 5.41) is 27.3. The number of carboxylic acid groups (broad SMARTS) is 3. The molecule has 0 atom stereocenters. The lowest BCUT2D eigenvalue weighted by Gasteiger charge is -2.09. The molecule has 3 N–H and O–H groups in total. The van der Waals surface area contributed by atoms with Crippen molar-refractivity contribution < 1.29 is 29.7 Å². The third-order valence-electron chi connectivity index (χ3n) is 3.16. The van der Waals surface area contributed by atoms with Gasteiger partial charge < -0.3 is 15.3 Å². The normalized spacial score (nSPS) is 10.2. The first-order chi connectivity index (χ1) is 10.4. The maximum atomic E-state index is 11.4. The zero-order valence-corrected chi connectivity index (χ0v) is 11.3. The van der Waals surface area contributed by atoms with Crippen molar-refractivity contribution >= 4 is 17.9 Å². The van der Waals surface area contributed by atoms with Crippen molar-refractivity contribution in [2.45, 2.75) is 6.42 Å². The van der Waals surface area contributed by atoms with Gasteiger partial charge in [-0.2, -0.15) is 0 Å². The molecule has 0 amide bonds. The molecule has 0 aliphatic rings. The van der Waals surface area contributed by atoms with Gasteiger partial charge in [-0.25, -0.2) is 14.4 Å². The highest BCUT2D eigenvalue weighted by atomic mass is 16.4. The zero-order chi connectivity index (χ0) is 16.3. The van der Waals surface area contributed by atoms with E-state index in [1.165, 1.54) is 30.3 Å². The van der Waals surface area contributed by atoms with Crippen molar-refractivity contribution in [3.8, 4) is 0 Å². The zero-order valence-electron chi connectivity index (χ0n) is 11.3. The van der Waals surface area contributed by atoms with Gasteiger partial charge in [0, 0.05) is 0 Å². The van der Waals surface area contributed by atoms with E-state index in [2.05, 4.69) is 0 Å². The van der Waals surface area contributed by atoms with Crippen LogP contribution in [0.25, 0.3) is 0 Å². The fourth-order valence-corrected chi connectivity index (χ4v) is 2.21. The SMILES string of the molecule is O=C(O)c1cccc(Cc2cccc(C(=O)O)c2C(=O)O)c1. The predicted octanol–water partition coefficient (Wildman–Crippen LogP) is 2.37. The Bertz CT molecular complexity index is 763. The first-order valence-corrected chi connectivity index (χ1v) is 6.31. The summed E-state index contributed by atoms with van der Waals surface area (Å²) in [7, 11) is 0. The first-order valence-electron chi connectivity index (χ1n) is 6.31. The molecule has 2 aromatic carbocycles. The van der Waals surface area contributed by atoms with Crippen LogP contribution >= 0.6 is 0 Å². The van der Waals surface area contributed by atoms with E-state index in [1.807, 2.05) is 0 Å². The van der Waals surface area contributed by atoms with Crippen LogP contribution < -0.4 is 0 Å². The summed E-state index contributed by atoms with van der Waals surface area (Å²) in [6.07, 6.45) is 0.129. The molecule has 0 heterocycles. The van der Waals surface area contributed by atoms with E-state index in [9.17, 15) is 19.5 Å². The molecule has 0 unspecified atom stereocenters. The summed E-state index contributed by atoms with van der Waals surface area (Å²) in [6.45, 7) is 0. The Labute approximate surface area is 125 Å². The third kappa shape index (κ3) is 3.12. The molecule has 0 radical (unpaired) electrons. The van der Waals surface area contributed by atoms with E-state index in [4.69, 9.17) is 10.2 Å². The number of hydrogen-bond acceptors (Lipinski definition) is 3. The number of carboxylic acids is 3. The lowest BCUT2D eigenvalue weighted by molar-refractivity contribution is 0.0650. The van der Waals surface area contributed by atoms with Crippen LogP contribution in [0.4, 0.5) is 0 Å². The van der Waals surface area contributed by atoms with Gasteiger partial charge in [0.15, 0.2) is 0 Å². The molecule has 112 valence electrons. The van der Waals surface area contributed by atoms with Gasteiger partial charge in [0.05, 0.1) is 16.7 Å². The Morgan fingerprint density at radius 3 is 2.09 bits per heavy atom. The molecule has 0 spiro atoms. The molecule has 0 aliphatic heterocycles. The smallest absolute Gasteiger partial charge is 0.336 e. The molecule has 0 saturated carbocycles. The molecule has 0 fully saturated rings. The average molecular weight is 300 g/mol. The van der Waals surface area contributed by atoms with Crippen LogP contribution in [0.3, 0.4) is 0 Å². The van der Waals surface area contributed by atoms with Crippen molar-refractivity contribution in [1.82, 2.24) is 0 Å². The third-order valence-corrected chi connectivity index (χ3v) is 3.16. The first kappa shape index (κ1) is 15.2. The van der Waals surface area contributed by atoms with E-state index in [0.717, 1.165) is 0 Å². The van der Waals surface area contributed by atoms with Crippen LogP contribution in [0.1, 0.15) is 42.2 Å². The molecule has 22 heavy (non-hydrogen) atoms. The highest BCUT2D eigenvalue weighted by Crippen LogP contribution is 2.19. The quantitative estimate of drug-likeness (QED) is 0.781. The van der Waals surface area contributed by atoms with E-state index in [-0.39, 0.29) is 23.1 Å². The number of hydrogen-bond donors (Lipinski definition) is 3. The highest BCUT2D eigenvalue weighted by molar-refractivity contribution is 6.02. The number of carbonyl (C=O) groups is 3. The average Bonchev–Trinajstić information content (AvgIpc) is 2.46. The minimum Gasteiger partial charge on any atom is -0.478 e. The molecular weight excluding hydrogens is 288 g/mol. The second-order valence-electron chi connectivity index (χ2n) is 4.63. The minimum absolute atomic E-state index is 0.0868. The summed E-state index contributed by atoms with van der Waals surface area (Å²) in [5.74, 6) is -3.74. The molecule has 6 heteroatoms. The summed E-state index contributed by atoms with van der Waals surface area (Å²) in [4.78, 5) is 33.4. The summed E-state index contributed by atoms with van der Waals surface area (Å²) >= 11 is 0. The van der Waals surface area contributed by atoms with Gasteiger partial charge >= 0.3 is 17.9 Å². The Hall–Kier alpha value is -3.15. The number of rotatable bonds is 5. The standard InChI is InChI=1S/C16H12O6/c17-14(18)11-5-1-3-9(8-11)7-10-4-2-6-12(15(19)20)13(10)16(21)22/h1-6,8H,7H2,(H,17,18)(H,19,20)(H,21,22). The molecule has 6 nitrogen and oxygen atoms in total. The van der Waals surface area contributed by atoms with Gasteiger partial charge in [-0.15, -0.1) is 0 Å². The van der Waals surface area contributed by atoms with E-state index in [1.54, 1.807) is 12.1 Å². The largest absolute Gasteiger partial charge is 0.478 e. The van der Waals surface area contributed by atoms with Gasteiger partial charge in [-0.1, -0.05) is 24.3 Å². The monoisotopic (exact) mass is 300 g/mol. The van der Waals surface area contributed by atoms with Gasteiger partial charge in [0.1, 0.15) is 0 Å². The lowest BCUT2D eigenvalue weighted by atomic mass is 9.95. The van der Waals surface area contributed by atoms with E-state index < -0.39 is 17.9 Å². The second-order valence-corrected chi connectivity index (χ2v) is 4.63. The molecule has 0 aromatic heterocycles. The van der Waals surface area contributed by atoms with Crippen molar-refractivity contribution in [1.29, 1.82) is 0 Å². The van der Waals surface area contributed by atoms with Crippen LogP contribution in [-0.4, -0.2) is 33.2 Å². The Kier molecular flexibility index (Phi) is 4.22. The number of benzene rings is 2. The van der Waals surface area contributed by atoms with Gasteiger partial charge in [-0.05, 0) is 35.7 Å². The van der Waals surface area contributed by atoms with Crippen LogP contribution in [0.2, 0.25) is 0 Å². The summed E-state index contributed by atoms with van der Waals surface area (Å²) in [5.41, 5.74) is 0.416. The molecule has 0 bridgehead atoms.